The number of hydrogen-bond acceptors (Lipinski definition) is 5. The summed E-state index contributed by atoms with van der Waals surface area (Å²) in [4.78, 5) is 31.7. The summed E-state index contributed by atoms with van der Waals surface area (Å²) in [5.74, 6) is -1.54. The number of nitrogens with one attached hydrogen (secondary N) is 1. The number of benzene rings is 2. The minimum atomic E-state index is -1.91. The first kappa shape index (κ1) is 29.9. The number of aromatic nitrogens is 1. The first-order valence-electron chi connectivity index (χ1n) is 13.5. The average molecular weight is 572 g/mol. The number of likely N-dealkylation sites (tertiary alicyclic amines) is 1. The monoisotopic (exact) mass is 571 g/mol. The smallest absolute Gasteiger partial charge is 0.255 e. The van der Waals surface area contributed by atoms with Crippen LogP contribution in [0.25, 0.3) is 16.8 Å². The van der Waals surface area contributed by atoms with Gasteiger partial charge in [-0.25, -0.2) is 0 Å². The van der Waals surface area contributed by atoms with Gasteiger partial charge in [0, 0.05) is 29.9 Å². The third-order valence-corrected chi connectivity index (χ3v) is 7.27. The fraction of sp³-hybridized carbons (Fsp3) is 0.242. The molecule has 7 nitrogen and oxygen atoms in total. The molecule has 1 unspecified atom stereocenters. The van der Waals surface area contributed by atoms with Crippen LogP contribution < -0.4 is 5.32 Å². The number of nitrogens with zero attached hydrogens (tertiary/aromatic N) is 2. The lowest BCUT2D eigenvalue weighted by Crippen LogP contribution is -2.50. The van der Waals surface area contributed by atoms with Gasteiger partial charge in [0.15, 0.2) is 12.2 Å². The second-order valence-electron chi connectivity index (χ2n) is 9.86. The van der Waals surface area contributed by atoms with Crippen LogP contribution in [-0.2, 0) is 16.1 Å². The van der Waals surface area contributed by atoms with E-state index >= 15 is 0 Å². The van der Waals surface area contributed by atoms with E-state index < -0.39 is 24.0 Å². The Kier molecular flexibility index (Phi) is 10.2. The van der Waals surface area contributed by atoms with E-state index in [4.69, 9.17) is 11.6 Å². The zero-order chi connectivity index (χ0) is 29.4. The lowest BCUT2D eigenvalue weighted by molar-refractivity contribution is -0.153. The standard InChI is InChI=1S/C33H34ClN3O4/c1-3-4-5-10-22(2)26-13-6-7-14-27(26)28-17-16-23(20-35-28)21-36-32(40)30(38)31(39)33(41)37-18-9-15-29(37)24-11-8-12-25(34)19-24/h3-8,10-14,16-17,19-20,29-31,38-39H,2,9,15,18,21H2,1H3,(H,36,40)/b4-3-,10-5-/t29?,30-,31-/m1/s1. The van der Waals surface area contributed by atoms with E-state index in [0.29, 0.717) is 23.6 Å². The van der Waals surface area contributed by atoms with Crippen molar-refractivity contribution in [3.05, 3.63) is 119 Å². The van der Waals surface area contributed by atoms with Crippen molar-refractivity contribution in [2.45, 2.75) is 44.6 Å². The van der Waals surface area contributed by atoms with Gasteiger partial charge < -0.3 is 20.4 Å². The van der Waals surface area contributed by atoms with Crippen molar-refractivity contribution in [3.63, 3.8) is 0 Å². The topological polar surface area (TPSA) is 103 Å². The van der Waals surface area contributed by atoms with E-state index in [-0.39, 0.29) is 12.6 Å². The summed E-state index contributed by atoms with van der Waals surface area (Å²) in [6, 6.07) is 18.4. The summed E-state index contributed by atoms with van der Waals surface area (Å²) in [6.07, 6.45) is 7.03. The van der Waals surface area contributed by atoms with Gasteiger partial charge >= 0.3 is 0 Å². The van der Waals surface area contributed by atoms with Crippen LogP contribution in [0.1, 0.15) is 42.5 Å². The molecule has 0 spiro atoms. The first-order valence-corrected chi connectivity index (χ1v) is 13.9. The Hall–Kier alpha value is -4.04. The molecular formula is C33H34ClN3O4. The number of pyridine rings is 1. The number of halogens is 1. The number of aliphatic hydroxyl groups is 2. The zero-order valence-electron chi connectivity index (χ0n) is 22.9. The molecule has 8 heteroatoms. The molecule has 2 aromatic carbocycles. The van der Waals surface area contributed by atoms with Crippen LogP contribution in [0.5, 0.6) is 0 Å². The van der Waals surface area contributed by atoms with Crippen molar-refractivity contribution >= 4 is 29.0 Å². The molecule has 1 aliphatic rings. The molecule has 0 aliphatic carbocycles. The van der Waals surface area contributed by atoms with E-state index in [1.54, 1.807) is 24.4 Å². The van der Waals surface area contributed by atoms with Crippen LogP contribution in [0.2, 0.25) is 5.02 Å². The largest absolute Gasteiger partial charge is 0.380 e. The number of hydrogen-bond donors (Lipinski definition) is 3. The molecular weight excluding hydrogens is 538 g/mol. The number of carbonyl (C=O) groups excluding carboxylic acids is 2. The molecule has 3 aromatic rings. The van der Waals surface area contributed by atoms with E-state index in [1.807, 2.05) is 73.7 Å². The lowest BCUT2D eigenvalue weighted by Gasteiger charge is -2.28. The highest BCUT2D eigenvalue weighted by atomic mass is 35.5. The summed E-state index contributed by atoms with van der Waals surface area (Å²) in [7, 11) is 0. The average Bonchev–Trinajstić information content (AvgIpc) is 3.49. The molecule has 4 rings (SSSR count). The Morgan fingerprint density at radius 2 is 1.93 bits per heavy atom. The van der Waals surface area contributed by atoms with Gasteiger partial charge in [-0.2, -0.15) is 0 Å². The van der Waals surface area contributed by atoms with Crippen molar-refractivity contribution in [1.82, 2.24) is 15.2 Å². The molecule has 1 aromatic heterocycles. The van der Waals surface area contributed by atoms with E-state index in [2.05, 4.69) is 16.9 Å². The van der Waals surface area contributed by atoms with Crippen LogP contribution in [-0.4, -0.2) is 50.7 Å². The molecule has 0 saturated carbocycles. The minimum Gasteiger partial charge on any atom is -0.380 e. The number of amides is 2. The molecule has 0 radical (unpaired) electrons. The van der Waals surface area contributed by atoms with Crippen molar-refractivity contribution in [1.29, 1.82) is 0 Å². The minimum absolute atomic E-state index is 0.0688. The number of allylic oxidation sites excluding steroid dienone is 5. The lowest BCUT2D eigenvalue weighted by atomic mass is 9.97. The second kappa shape index (κ2) is 14.0. The quantitative estimate of drug-likeness (QED) is 0.288. The normalized spacial score (nSPS) is 16.7. The summed E-state index contributed by atoms with van der Waals surface area (Å²) >= 11 is 6.11. The van der Waals surface area contributed by atoms with Crippen LogP contribution in [0.4, 0.5) is 0 Å². The maximum Gasteiger partial charge on any atom is 0.255 e. The fourth-order valence-corrected chi connectivity index (χ4v) is 5.08. The maximum atomic E-state index is 13.0. The van der Waals surface area contributed by atoms with Crippen LogP contribution in [0.15, 0.2) is 97.7 Å². The summed E-state index contributed by atoms with van der Waals surface area (Å²) in [5, 5.41) is 24.2. The molecule has 1 aliphatic heterocycles. The zero-order valence-corrected chi connectivity index (χ0v) is 23.7. The number of carbonyl (C=O) groups is 2. The van der Waals surface area contributed by atoms with Gasteiger partial charge in [-0.1, -0.05) is 84.9 Å². The second-order valence-corrected chi connectivity index (χ2v) is 10.3. The van der Waals surface area contributed by atoms with Gasteiger partial charge in [0.05, 0.1) is 11.7 Å². The summed E-state index contributed by atoms with van der Waals surface area (Å²) in [6.45, 7) is 6.60. The van der Waals surface area contributed by atoms with Gasteiger partial charge in [0.25, 0.3) is 11.8 Å². The van der Waals surface area contributed by atoms with Gasteiger partial charge in [-0.3, -0.25) is 14.6 Å². The Bertz CT molecular complexity index is 1450. The summed E-state index contributed by atoms with van der Waals surface area (Å²) < 4.78 is 0. The molecule has 1 saturated heterocycles. The Labute approximate surface area is 245 Å². The molecule has 3 atom stereocenters. The third-order valence-electron chi connectivity index (χ3n) is 7.03. The predicted molar refractivity (Wildman–Crippen MR) is 162 cm³/mol. The molecule has 0 bridgehead atoms. The highest BCUT2D eigenvalue weighted by Gasteiger charge is 2.38. The van der Waals surface area contributed by atoms with E-state index in [1.165, 1.54) is 4.90 Å². The molecule has 2 amide bonds. The molecule has 1 fully saturated rings. The number of aliphatic hydroxyl groups excluding tert-OH is 2. The van der Waals surface area contributed by atoms with Crippen molar-refractivity contribution in [2.75, 3.05) is 6.54 Å². The van der Waals surface area contributed by atoms with Crippen molar-refractivity contribution in [3.8, 4) is 11.3 Å². The van der Waals surface area contributed by atoms with E-state index in [9.17, 15) is 19.8 Å². The van der Waals surface area contributed by atoms with Crippen molar-refractivity contribution < 1.29 is 19.8 Å². The SMILES string of the molecule is C=C(/C=C\C=C/C)c1ccccc1-c1ccc(CNC(=O)[C@H](O)[C@@H](O)C(=O)N2CCCC2c2cccc(Cl)c2)cn1. The molecule has 41 heavy (non-hydrogen) atoms. The molecule has 3 N–H and O–H groups in total. The van der Waals surface area contributed by atoms with Gasteiger partial charge in [0.1, 0.15) is 0 Å². The Balaban J connectivity index is 1.36. The van der Waals surface area contributed by atoms with Gasteiger partial charge in [-0.15, -0.1) is 0 Å². The number of rotatable bonds is 10. The summed E-state index contributed by atoms with van der Waals surface area (Å²) in [5.41, 5.74) is 5.03. The van der Waals surface area contributed by atoms with Crippen molar-refractivity contribution in [2.24, 2.45) is 0 Å². The molecule has 2 heterocycles. The Morgan fingerprint density at radius 1 is 1.12 bits per heavy atom. The maximum absolute atomic E-state index is 13.0. The van der Waals surface area contributed by atoms with Gasteiger partial charge in [-0.05, 0) is 60.2 Å². The van der Waals surface area contributed by atoms with Crippen LogP contribution in [0.3, 0.4) is 0 Å². The third kappa shape index (κ3) is 7.38. The predicted octanol–water partition coefficient (Wildman–Crippen LogP) is 5.25. The highest BCUT2D eigenvalue weighted by molar-refractivity contribution is 6.30. The van der Waals surface area contributed by atoms with E-state index in [0.717, 1.165) is 34.4 Å². The van der Waals surface area contributed by atoms with Gasteiger partial charge in [0.2, 0.25) is 0 Å². The van der Waals surface area contributed by atoms with Crippen LogP contribution in [0, 0.1) is 0 Å². The Morgan fingerprint density at radius 3 is 2.66 bits per heavy atom. The molecule has 212 valence electrons. The fourth-order valence-electron chi connectivity index (χ4n) is 4.88. The first-order chi connectivity index (χ1) is 19.8. The van der Waals surface area contributed by atoms with Crippen LogP contribution >= 0.6 is 11.6 Å². The highest BCUT2D eigenvalue weighted by Crippen LogP contribution is 2.34.